The van der Waals surface area contributed by atoms with Gasteiger partial charge in [0.05, 0.1) is 0 Å². The first-order valence-electron chi connectivity index (χ1n) is 4.79. The van der Waals surface area contributed by atoms with Crippen LogP contribution in [0.4, 0.5) is 11.5 Å². The molecular formula is C13H12N2. The second-order valence-electron chi connectivity index (χ2n) is 3.17. The molecule has 1 N–H and O–H groups in total. The van der Waals surface area contributed by atoms with Gasteiger partial charge in [0.25, 0.3) is 0 Å². The van der Waals surface area contributed by atoms with Gasteiger partial charge in [0.2, 0.25) is 0 Å². The molecule has 0 aliphatic carbocycles. The minimum Gasteiger partial charge on any atom is -0.340 e. The first-order valence-corrected chi connectivity index (χ1v) is 4.79. The van der Waals surface area contributed by atoms with Gasteiger partial charge in [-0.3, -0.25) is 0 Å². The third-order valence-corrected chi connectivity index (χ3v) is 2.08. The number of rotatable bonds is 3. The van der Waals surface area contributed by atoms with Gasteiger partial charge in [-0.1, -0.05) is 30.9 Å². The molecular weight excluding hydrogens is 184 g/mol. The van der Waals surface area contributed by atoms with Gasteiger partial charge in [-0.25, -0.2) is 4.98 Å². The van der Waals surface area contributed by atoms with E-state index < -0.39 is 0 Å². The molecule has 2 rings (SSSR count). The smallest absolute Gasteiger partial charge is 0.130 e. The summed E-state index contributed by atoms with van der Waals surface area (Å²) in [6, 6.07) is 13.8. The van der Waals surface area contributed by atoms with Crippen molar-refractivity contribution in [2.24, 2.45) is 0 Å². The summed E-state index contributed by atoms with van der Waals surface area (Å²) in [5.74, 6) is 0.851. The van der Waals surface area contributed by atoms with Crippen LogP contribution in [0.15, 0.2) is 55.2 Å². The van der Waals surface area contributed by atoms with E-state index in [-0.39, 0.29) is 0 Å². The standard InChI is InChI=1S/C13H12N2/c1-2-11-6-8-12(9-7-11)15-13-5-3-4-10-14-13/h2-10H,1H2,(H,14,15). The van der Waals surface area contributed by atoms with Crippen LogP contribution in [-0.4, -0.2) is 4.98 Å². The van der Waals surface area contributed by atoms with E-state index >= 15 is 0 Å². The Kier molecular flexibility index (Phi) is 2.79. The molecule has 0 aliphatic rings. The molecule has 2 nitrogen and oxygen atoms in total. The first kappa shape index (κ1) is 9.46. The lowest BCUT2D eigenvalue weighted by molar-refractivity contribution is 1.31. The summed E-state index contributed by atoms with van der Waals surface area (Å²) < 4.78 is 0. The summed E-state index contributed by atoms with van der Waals surface area (Å²) in [6.45, 7) is 3.71. The van der Waals surface area contributed by atoms with Gasteiger partial charge in [-0.2, -0.15) is 0 Å². The van der Waals surface area contributed by atoms with Crippen molar-refractivity contribution in [3.05, 3.63) is 60.8 Å². The van der Waals surface area contributed by atoms with Crippen molar-refractivity contribution in [1.29, 1.82) is 0 Å². The third-order valence-electron chi connectivity index (χ3n) is 2.08. The Bertz CT molecular complexity index is 432. The fourth-order valence-electron chi connectivity index (χ4n) is 1.29. The highest BCUT2D eigenvalue weighted by Crippen LogP contribution is 2.14. The quantitative estimate of drug-likeness (QED) is 0.813. The average molecular weight is 196 g/mol. The maximum absolute atomic E-state index is 4.19. The molecule has 0 spiro atoms. The van der Waals surface area contributed by atoms with E-state index in [1.165, 1.54) is 0 Å². The van der Waals surface area contributed by atoms with Crippen LogP contribution in [0.1, 0.15) is 5.56 Å². The number of hydrogen-bond donors (Lipinski definition) is 1. The Balaban J connectivity index is 2.15. The Morgan fingerprint density at radius 3 is 2.47 bits per heavy atom. The summed E-state index contributed by atoms with van der Waals surface area (Å²) in [4.78, 5) is 4.19. The minimum atomic E-state index is 0.851. The molecule has 15 heavy (non-hydrogen) atoms. The fraction of sp³-hybridized carbons (Fsp3) is 0. The molecule has 1 aromatic heterocycles. The van der Waals surface area contributed by atoms with Crippen LogP contribution in [-0.2, 0) is 0 Å². The van der Waals surface area contributed by atoms with Gasteiger partial charge in [0, 0.05) is 11.9 Å². The third kappa shape index (κ3) is 2.44. The van der Waals surface area contributed by atoms with Gasteiger partial charge in [-0.05, 0) is 29.8 Å². The van der Waals surface area contributed by atoms with Gasteiger partial charge in [0.1, 0.15) is 5.82 Å². The molecule has 0 aliphatic heterocycles. The summed E-state index contributed by atoms with van der Waals surface area (Å²) in [5.41, 5.74) is 2.14. The molecule has 0 atom stereocenters. The molecule has 0 saturated carbocycles. The monoisotopic (exact) mass is 196 g/mol. The van der Waals surface area contributed by atoms with Crippen molar-refractivity contribution in [2.75, 3.05) is 5.32 Å². The van der Waals surface area contributed by atoms with E-state index in [2.05, 4.69) is 16.9 Å². The van der Waals surface area contributed by atoms with Crippen molar-refractivity contribution in [3.63, 3.8) is 0 Å². The maximum atomic E-state index is 4.19. The average Bonchev–Trinajstić information content (AvgIpc) is 2.31. The van der Waals surface area contributed by atoms with E-state index in [4.69, 9.17) is 0 Å². The van der Waals surface area contributed by atoms with Crippen LogP contribution in [0, 0.1) is 0 Å². The zero-order valence-electron chi connectivity index (χ0n) is 8.35. The lowest BCUT2D eigenvalue weighted by atomic mass is 10.2. The van der Waals surface area contributed by atoms with Crippen molar-refractivity contribution in [2.45, 2.75) is 0 Å². The fourth-order valence-corrected chi connectivity index (χ4v) is 1.29. The molecule has 0 fully saturated rings. The van der Waals surface area contributed by atoms with Crippen molar-refractivity contribution >= 4 is 17.6 Å². The second kappa shape index (κ2) is 4.42. The highest BCUT2D eigenvalue weighted by Gasteiger charge is 1.93. The van der Waals surface area contributed by atoms with E-state index in [0.29, 0.717) is 0 Å². The number of nitrogens with one attached hydrogen (secondary N) is 1. The first-order chi connectivity index (χ1) is 7.38. The molecule has 2 aromatic rings. The van der Waals surface area contributed by atoms with E-state index in [1.54, 1.807) is 6.20 Å². The SMILES string of the molecule is C=Cc1ccc(Nc2ccccn2)cc1. The molecule has 0 radical (unpaired) electrons. The highest BCUT2D eigenvalue weighted by molar-refractivity contribution is 5.59. The lowest BCUT2D eigenvalue weighted by Gasteiger charge is -2.04. The zero-order valence-corrected chi connectivity index (χ0v) is 8.35. The normalized spacial score (nSPS) is 9.60. The number of nitrogens with zero attached hydrogens (tertiary/aromatic N) is 1. The Labute approximate surface area is 89.3 Å². The summed E-state index contributed by atoms with van der Waals surface area (Å²) in [7, 11) is 0. The molecule has 0 saturated heterocycles. The zero-order chi connectivity index (χ0) is 10.5. The van der Waals surface area contributed by atoms with Crippen LogP contribution in [0.25, 0.3) is 6.08 Å². The molecule has 1 heterocycles. The molecule has 1 aromatic carbocycles. The van der Waals surface area contributed by atoms with E-state index in [9.17, 15) is 0 Å². The van der Waals surface area contributed by atoms with Gasteiger partial charge in [0.15, 0.2) is 0 Å². The number of hydrogen-bond acceptors (Lipinski definition) is 2. The molecule has 2 heteroatoms. The van der Waals surface area contributed by atoms with Crippen molar-refractivity contribution in [3.8, 4) is 0 Å². The second-order valence-corrected chi connectivity index (χ2v) is 3.17. The number of anilines is 2. The lowest BCUT2D eigenvalue weighted by Crippen LogP contribution is -1.91. The minimum absolute atomic E-state index is 0.851. The predicted octanol–water partition coefficient (Wildman–Crippen LogP) is 3.47. The molecule has 0 bridgehead atoms. The van der Waals surface area contributed by atoms with E-state index in [0.717, 1.165) is 17.1 Å². The van der Waals surface area contributed by atoms with Gasteiger partial charge in [-0.15, -0.1) is 0 Å². The van der Waals surface area contributed by atoms with Crippen molar-refractivity contribution in [1.82, 2.24) is 4.98 Å². The number of aromatic nitrogens is 1. The Morgan fingerprint density at radius 1 is 1.07 bits per heavy atom. The van der Waals surface area contributed by atoms with Crippen LogP contribution in [0.2, 0.25) is 0 Å². The predicted molar refractivity (Wildman–Crippen MR) is 64.1 cm³/mol. The maximum Gasteiger partial charge on any atom is 0.130 e. The van der Waals surface area contributed by atoms with Gasteiger partial charge < -0.3 is 5.32 Å². The summed E-state index contributed by atoms with van der Waals surface area (Å²) in [6.07, 6.45) is 3.59. The Morgan fingerprint density at radius 2 is 1.87 bits per heavy atom. The molecule has 0 unspecified atom stereocenters. The van der Waals surface area contributed by atoms with E-state index in [1.807, 2.05) is 48.5 Å². The van der Waals surface area contributed by atoms with Crippen LogP contribution >= 0.6 is 0 Å². The summed E-state index contributed by atoms with van der Waals surface area (Å²) >= 11 is 0. The van der Waals surface area contributed by atoms with Gasteiger partial charge >= 0.3 is 0 Å². The van der Waals surface area contributed by atoms with Crippen LogP contribution in [0.5, 0.6) is 0 Å². The highest BCUT2D eigenvalue weighted by atomic mass is 15.0. The summed E-state index contributed by atoms with van der Waals surface area (Å²) in [5, 5.41) is 3.21. The van der Waals surface area contributed by atoms with Crippen LogP contribution < -0.4 is 5.32 Å². The van der Waals surface area contributed by atoms with Crippen molar-refractivity contribution < 1.29 is 0 Å². The molecule has 0 amide bonds. The molecule has 74 valence electrons. The topological polar surface area (TPSA) is 24.9 Å². The van der Waals surface area contributed by atoms with Crippen LogP contribution in [0.3, 0.4) is 0 Å². The largest absolute Gasteiger partial charge is 0.340 e. The number of pyridine rings is 1. The number of benzene rings is 1. The Hall–Kier alpha value is -2.09.